The summed E-state index contributed by atoms with van der Waals surface area (Å²) in [7, 11) is 2.01. The van der Waals surface area contributed by atoms with E-state index in [1.165, 1.54) is 11.1 Å². The van der Waals surface area contributed by atoms with Crippen LogP contribution in [0.1, 0.15) is 43.4 Å². The van der Waals surface area contributed by atoms with E-state index in [-0.39, 0.29) is 11.6 Å². The van der Waals surface area contributed by atoms with Crippen molar-refractivity contribution in [1.82, 2.24) is 5.32 Å². The molecular formula is C16H23NO2. The lowest BCUT2D eigenvalue weighted by Gasteiger charge is -2.35. The molecule has 2 aliphatic heterocycles. The Morgan fingerprint density at radius 2 is 2.16 bits per heavy atom. The van der Waals surface area contributed by atoms with E-state index in [4.69, 9.17) is 9.47 Å². The molecule has 0 radical (unpaired) electrons. The molecule has 1 aromatic carbocycles. The summed E-state index contributed by atoms with van der Waals surface area (Å²) in [5, 5.41) is 3.45. The Hall–Kier alpha value is -1.06. The first kappa shape index (κ1) is 12.9. The van der Waals surface area contributed by atoms with E-state index < -0.39 is 0 Å². The molecule has 0 amide bonds. The van der Waals surface area contributed by atoms with Crippen LogP contribution in [0.2, 0.25) is 0 Å². The molecule has 0 saturated carbocycles. The minimum absolute atomic E-state index is 0.120. The standard InChI is InChI=1S/C16H23NO2/c1-16(9-5-11-19-16)15(17-2)13-8-3-6-12-7-4-10-18-14(12)13/h3,6,8,15,17H,4-5,7,9-11H2,1-2H3. The highest BCUT2D eigenvalue weighted by Crippen LogP contribution is 2.42. The molecule has 0 bridgehead atoms. The van der Waals surface area contributed by atoms with Crippen molar-refractivity contribution >= 4 is 0 Å². The van der Waals surface area contributed by atoms with Crippen molar-refractivity contribution in [2.24, 2.45) is 0 Å². The molecule has 3 nitrogen and oxygen atoms in total. The summed E-state index contributed by atoms with van der Waals surface area (Å²) in [5.74, 6) is 1.09. The number of para-hydroxylation sites is 1. The van der Waals surface area contributed by atoms with Crippen LogP contribution in [0.25, 0.3) is 0 Å². The third-order valence-corrected chi connectivity index (χ3v) is 4.42. The van der Waals surface area contributed by atoms with Gasteiger partial charge in [0.1, 0.15) is 5.75 Å². The first-order chi connectivity index (χ1) is 9.24. The molecular weight excluding hydrogens is 238 g/mol. The molecule has 19 heavy (non-hydrogen) atoms. The Balaban J connectivity index is 1.99. The number of benzene rings is 1. The van der Waals surface area contributed by atoms with E-state index in [0.29, 0.717) is 0 Å². The van der Waals surface area contributed by atoms with Crippen LogP contribution in [-0.4, -0.2) is 25.9 Å². The molecule has 3 heteroatoms. The lowest BCUT2D eigenvalue weighted by molar-refractivity contribution is -0.0112. The molecule has 0 aromatic heterocycles. The number of aryl methyl sites for hydroxylation is 1. The van der Waals surface area contributed by atoms with Gasteiger partial charge < -0.3 is 14.8 Å². The highest BCUT2D eigenvalue weighted by molar-refractivity contribution is 5.45. The monoisotopic (exact) mass is 261 g/mol. The van der Waals surface area contributed by atoms with E-state index >= 15 is 0 Å². The molecule has 3 rings (SSSR count). The predicted molar refractivity (Wildman–Crippen MR) is 75.6 cm³/mol. The zero-order valence-corrected chi connectivity index (χ0v) is 11.9. The van der Waals surface area contributed by atoms with Crippen molar-refractivity contribution in [3.05, 3.63) is 29.3 Å². The maximum atomic E-state index is 6.02. The van der Waals surface area contributed by atoms with Gasteiger partial charge in [-0.15, -0.1) is 0 Å². The van der Waals surface area contributed by atoms with Gasteiger partial charge in [-0.25, -0.2) is 0 Å². The Bertz CT molecular complexity index is 452. The summed E-state index contributed by atoms with van der Waals surface area (Å²) in [5.41, 5.74) is 2.47. The third kappa shape index (κ3) is 2.26. The second-order valence-electron chi connectivity index (χ2n) is 5.77. The van der Waals surface area contributed by atoms with Gasteiger partial charge >= 0.3 is 0 Å². The van der Waals surface area contributed by atoms with Gasteiger partial charge in [-0.2, -0.15) is 0 Å². The van der Waals surface area contributed by atoms with Crippen molar-refractivity contribution in [1.29, 1.82) is 0 Å². The normalized spacial score (nSPS) is 27.7. The molecule has 2 aliphatic rings. The highest BCUT2D eigenvalue weighted by Gasteiger charge is 2.40. The van der Waals surface area contributed by atoms with Crippen LogP contribution in [-0.2, 0) is 11.2 Å². The summed E-state index contributed by atoms with van der Waals surface area (Å²) >= 11 is 0. The van der Waals surface area contributed by atoms with E-state index in [9.17, 15) is 0 Å². The fourth-order valence-corrected chi connectivity index (χ4v) is 3.46. The largest absolute Gasteiger partial charge is 0.493 e. The molecule has 0 spiro atoms. The average Bonchev–Trinajstić information content (AvgIpc) is 2.87. The molecule has 104 valence electrons. The van der Waals surface area contributed by atoms with Crippen molar-refractivity contribution in [3.63, 3.8) is 0 Å². The van der Waals surface area contributed by atoms with Crippen LogP contribution in [0.15, 0.2) is 18.2 Å². The fraction of sp³-hybridized carbons (Fsp3) is 0.625. The lowest BCUT2D eigenvalue weighted by atomic mass is 9.86. The minimum Gasteiger partial charge on any atom is -0.493 e. The average molecular weight is 261 g/mol. The zero-order chi connectivity index (χ0) is 13.3. The minimum atomic E-state index is -0.120. The number of rotatable bonds is 3. The molecule has 2 heterocycles. The van der Waals surface area contributed by atoms with Crippen LogP contribution in [0.4, 0.5) is 0 Å². The molecule has 1 aromatic rings. The van der Waals surface area contributed by atoms with E-state index in [2.05, 4.69) is 30.4 Å². The molecule has 1 fully saturated rings. The number of nitrogens with one attached hydrogen (secondary N) is 1. The van der Waals surface area contributed by atoms with Gasteiger partial charge in [0.25, 0.3) is 0 Å². The number of hydrogen-bond donors (Lipinski definition) is 1. The van der Waals surface area contributed by atoms with Crippen molar-refractivity contribution < 1.29 is 9.47 Å². The van der Waals surface area contributed by atoms with E-state index in [1.54, 1.807) is 0 Å². The van der Waals surface area contributed by atoms with Gasteiger partial charge in [0, 0.05) is 12.2 Å². The molecule has 0 aliphatic carbocycles. The van der Waals surface area contributed by atoms with Crippen molar-refractivity contribution in [3.8, 4) is 5.75 Å². The predicted octanol–water partition coefficient (Wildman–Crippen LogP) is 2.84. The number of likely N-dealkylation sites (N-methyl/N-ethyl adjacent to an activating group) is 1. The molecule has 1 N–H and O–H groups in total. The summed E-state index contributed by atoms with van der Waals surface area (Å²) in [6.45, 7) is 3.91. The lowest BCUT2D eigenvalue weighted by Crippen LogP contribution is -2.40. The number of fused-ring (bicyclic) bond motifs is 1. The fourth-order valence-electron chi connectivity index (χ4n) is 3.46. The van der Waals surface area contributed by atoms with E-state index in [0.717, 1.165) is 44.6 Å². The Kier molecular flexibility index (Phi) is 3.50. The Labute approximate surface area is 115 Å². The maximum absolute atomic E-state index is 6.02. The van der Waals surface area contributed by atoms with Crippen LogP contribution in [0, 0.1) is 0 Å². The van der Waals surface area contributed by atoms with Crippen molar-refractivity contribution in [2.75, 3.05) is 20.3 Å². The van der Waals surface area contributed by atoms with Crippen molar-refractivity contribution in [2.45, 2.75) is 44.2 Å². The first-order valence-electron chi connectivity index (χ1n) is 7.30. The topological polar surface area (TPSA) is 30.5 Å². The first-order valence-corrected chi connectivity index (χ1v) is 7.30. The van der Waals surface area contributed by atoms with Crippen LogP contribution in [0.3, 0.4) is 0 Å². The SMILES string of the molecule is CNC(c1cccc2c1OCCC2)C1(C)CCCO1. The molecule has 2 unspecified atom stereocenters. The smallest absolute Gasteiger partial charge is 0.127 e. The Morgan fingerprint density at radius 1 is 1.26 bits per heavy atom. The van der Waals surface area contributed by atoms with Gasteiger partial charge in [-0.1, -0.05) is 18.2 Å². The van der Waals surface area contributed by atoms with Crippen LogP contribution in [0.5, 0.6) is 5.75 Å². The molecule has 2 atom stereocenters. The second-order valence-corrected chi connectivity index (χ2v) is 5.77. The number of ether oxygens (including phenoxy) is 2. The molecule has 1 saturated heterocycles. The van der Waals surface area contributed by atoms with Gasteiger partial charge in [-0.05, 0) is 45.2 Å². The second kappa shape index (κ2) is 5.14. The zero-order valence-electron chi connectivity index (χ0n) is 11.9. The third-order valence-electron chi connectivity index (χ3n) is 4.42. The van der Waals surface area contributed by atoms with Crippen LogP contribution >= 0.6 is 0 Å². The van der Waals surface area contributed by atoms with Gasteiger partial charge in [0.2, 0.25) is 0 Å². The van der Waals surface area contributed by atoms with Gasteiger partial charge in [0.15, 0.2) is 0 Å². The van der Waals surface area contributed by atoms with Gasteiger partial charge in [0.05, 0.1) is 18.2 Å². The van der Waals surface area contributed by atoms with Gasteiger partial charge in [-0.3, -0.25) is 0 Å². The highest BCUT2D eigenvalue weighted by atomic mass is 16.5. The summed E-state index contributed by atoms with van der Waals surface area (Å²) < 4.78 is 12.0. The summed E-state index contributed by atoms with van der Waals surface area (Å²) in [4.78, 5) is 0. The number of hydrogen-bond acceptors (Lipinski definition) is 3. The quantitative estimate of drug-likeness (QED) is 0.907. The van der Waals surface area contributed by atoms with Crippen LogP contribution < -0.4 is 10.1 Å². The summed E-state index contributed by atoms with van der Waals surface area (Å²) in [6, 6.07) is 6.70. The Morgan fingerprint density at radius 3 is 2.89 bits per heavy atom. The maximum Gasteiger partial charge on any atom is 0.127 e. The summed E-state index contributed by atoms with van der Waals surface area (Å²) in [6.07, 6.45) is 4.48. The van der Waals surface area contributed by atoms with E-state index in [1.807, 2.05) is 7.05 Å².